The first-order valence-corrected chi connectivity index (χ1v) is 8.03. The Kier molecular flexibility index (Phi) is 3.74. The molecule has 0 amide bonds. The van der Waals surface area contributed by atoms with E-state index in [-0.39, 0.29) is 9.09 Å². The van der Waals surface area contributed by atoms with Crippen LogP contribution in [0.15, 0.2) is 10.3 Å². The summed E-state index contributed by atoms with van der Waals surface area (Å²) in [4.78, 5) is 10.9. The van der Waals surface area contributed by atoms with Crippen molar-refractivity contribution in [1.82, 2.24) is 4.72 Å². The molecule has 0 radical (unpaired) electrons. The number of aromatic carboxylic acids is 1. The summed E-state index contributed by atoms with van der Waals surface area (Å²) >= 11 is 0.799. The Labute approximate surface area is 110 Å². The van der Waals surface area contributed by atoms with Crippen LogP contribution in [0.25, 0.3) is 0 Å². The van der Waals surface area contributed by atoms with E-state index in [0.29, 0.717) is 18.0 Å². The number of carboxylic acids is 1. The third-order valence-corrected chi connectivity index (χ3v) is 6.06. The van der Waals surface area contributed by atoms with E-state index < -0.39 is 16.0 Å². The second kappa shape index (κ2) is 4.99. The summed E-state index contributed by atoms with van der Waals surface area (Å²) < 4.78 is 26.5. The van der Waals surface area contributed by atoms with Crippen molar-refractivity contribution in [1.29, 1.82) is 0 Å². The van der Waals surface area contributed by atoms with Crippen LogP contribution >= 0.6 is 11.3 Å². The van der Waals surface area contributed by atoms with E-state index in [1.54, 1.807) is 6.92 Å². The van der Waals surface area contributed by atoms with Gasteiger partial charge in [-0.3, -0.25) is 0 Å². The van der Waals surface area contributed by atoms with Crippen LogP contribution in [-0.4, -0.2) is 26.0 Å². The molecule has 0 bridgehead atoms. The lowest BCUT2D eigenvalue weighted by Crippen LogP contribution is -2.24. The van der Waals surface area contributed by atoms with Gasteiger partial charge < -0.3 is 5.11 Å². The van der Waals surface area contributed by atoms with Crippen molar-refractivity contribution in [3.63, 3.8) is 0 Å². The largest absolute Gasteiger partial charge is 0.477 e. The zero-order valence-electron chi connectivity index (χ0n) is 9.97. The van der Waals surface area contributed by atoms with Gasteiger partial charge in [0.1, 0.15) is 9.09 Å². The monoisotopic (exact) mass is 289 g/mol. The SMILES string of the molecule is Cc1cc(S(=O)(=O)NCCC2CC2)sc1C(=O)O. The van der Waals surface area contributed by atoms with Gasteiger partial charge in [0, 0.05) is 6.54 Å². The normalized spacial score (nSPS) is 15.8. The number of thiophene rings is 1. The van der Waals surface area contributed by atoms with Crippen LogP contribution in [0.5, 0.6) is 0 Å². The number of hydrogen-bond acceptors (Lipinski definition) is 4. The number of rotatable bonds is 6. The number of sulfonamides is 1. The molecule has 0 atom stereocenters. The van der Waals surface area contributed by atoms with Crippen LogP contribution in [0, 0.1) is 12.8 Å². The highest BCUT2D eigenvalue weighted by Crippen LogP contribution is 2.32. The topological polar surface area (TPSA) is 83.5 Å². The molecule has 1 aromatic heterocycles. The summed E-state index contributed by atoms with van der Waals surface area (Å²) in [6, 6.07) is 1.41. The van der Waals surface area contributed by atoms with Gasteiger partial charge in [-0.2, -0.15) is 0 Å². The third-order valence-electron chi connectivity index (χ3n) is 2.90. The van der Waals surface area contributed by atoms with Crippen molar-refractivity contribution in [2.24, 2.45) is 5.92 Å². The standard InChI is InChI=1S/C11H15NO4S2/c1-7-6-9(17-10(7)11(13)14)18(15,16)12-5-4-8-2-3-8/h6,8,12H,2-5H2,1H3,(H,13,14). The van der Waals surface area contributed by atoms with E-state index in [1.807, 2.05) is 0 Å². The number of carbonyl (C=O) groups is 1. The van der Waals surface area contributed by atoms with Gasteiger partial charge in [0.25, 0.3) is 0 Å². The molecule has 2 rings (SSSR count). The van der Waals surface area contributed by atoms with Gasteiger partial charge in [0.15, 0.2) is 0 Å². The highest BCUT2D eigenvalue weighted by molar-refractivity contribution is 7.91. The summed E-state index contributed by atoms with van der Waals surface area (Å²) in [7, 11) is -3.56. The van der Waals surface area contributed by atoms with E-state index in [0.717, 1.165) is 17.8 Å². The van der Waals surface area contributed by atoms with E-state index in [9.17, 15) is 13.2 Å². The Bertz CT molecular complexity index is 558. The molecule has 0 aromatic carbocycles. The Morgan fingerprint density at radius 1 is 1.56 bits per heavy atom. The quantitative estimate of drug-likeness (QED) is 0.837. The first kappa shape index (κ1) is 13.5. The predicted octanol–water partition coefficient (Wildman–Crippen LogP) is 1.83. The van der Waals surface area contributed by atoms with E-state index >= 15 is 0 Å². The highest BCUT2D eigenvalue weighted by atomic mass is 32.2. The Morgan fingerprint density at radius 2 is 2.22 bits per heavy atom. The minimum Gasteiger partial charge on any atom is -0.477 e. The summed E-state index contributed by atoms with van der Waals surface area (Å²) in [5.74, 6) is -0.427. The average Bonchev–Trinajstić information content (AvgIpc) is 2.98. The van der Waals surface area contributed by atoms with Crippen molar-refractivity contribution in [3.8, 4) is 0 Å². The smallest absolute Gasteiger partial charge is 0.346 e. The molecule has 0 aliphatic heterocycles. The third kappa shape index (κ3) is 3.09. The molecule has 2 N–H and O–H groups in total. The maximum Gasteiger partial charge on any atom is 0.346 e. The summed E-state index contributed by atoms with van der Waals surface area (Å²) in [5, 5.41) is 8.90. The van der Waals surface area contributed by atoms with Crippen molar-refractivity contribution in [3.05, 3.63) is 16.5 Å². The molecular formula is C11H15NO4S2. The lowest BCUT2D eigenvalue weighted by molar-refractivity contribution is 0.0701. The molecule has 1 fully saturated rings. The average molecular weight is 289 g/mol. The first-order chi connectivity index (χ1) is 8.40. The molecule has 1 saturated carbocycles. The van der Waals surface area contributed by atoms with E-state index in [4.69, 9.17) is 5.11 Å². The van der Waals surface area contributed by atoms with Gasteiger partial charge >= 0.3 is 5.97 Å². The molecule has 5 nitrogen and oxygen atoms in total. The van der Waals surface area contributed by atoms with Crippen molar-refractivity contribution in [2.75, 3.05) is 6.54 Å². The Balaban J connectivity index is 2.08. The fourth-order valence-corrected chi connectivity index (χ4v) is 4.14. The summed E-state index contributed by atoms with van der Waals surface area (Å²) in [6.07, 6.45) is 3.22. The number of aryl methyl sites for hydroxylation is 1. The fraction of sp³-hybridized carbons (Fsp3) is 0.545. The molecule has 1 aromatic rings. The van der Waals surface area contributed by atoms with E-state index in [1.165, 1.54) is 18.9 Å². The summed E-state index contributed by atoms with van der Waals surface area (Å²) in [5.41, 5.74) is 0.482. The molecule has 1 aliphatic rings. The maximum absolute atomic E-state index is 11.9. The Hall–Kier alpha value is -0.920. The zero-order chi connectivity index (χ0) is 13.3. The van der Waals surface area contributed by atoms with Gasteiger partial charge in [-0.1, -0.05) is 12.8 Å². The first-order valence-electron chi connectivity index (χ1n) is 5.73. The zero-order valence-corrected chi connectivity index (χ0v) is 11.6. The molecule has 18 heavy (non-hydrogen) atoms. The van der Waals surface area contributed by atoms with Crippen LogP contribution in [-0.2, 0) is 10.0 Å². The molecule has 1 heterocycles. The van der Waals surface area contributed by atoms with Gasteiger partial charge in [-0.15, -0.1) is 11.3 Å². The van der Waals surface area contributed by atoms with Gasteiger partial charge in [-0.25, -0.2) is 17.9 Å². The van der Waals surface area contributed by atoms with Gasteiger partial charge in [0.05, 0.1) is 0 Å². The lowest BCUT2D eigenvalue weighted by atomic mass is 10.3. The molecule has 0 saturated heterocycles. The number of hydrogen-bond donors (Lipinski definition) is 2. The predicted molar refractivity (Wildman–Crippen MR) is 68.5 cm³/mol. The van der Waals surface area contributed by atoms with Crippen LogP contribution < -0.4 is 4.72 Å². The lowest BCUT2D eigenvalue weighted by Gasteiger charge is -2.03. The molecule has 1 aliphatic carbocycles. The van der Waals surface area contributed by atoms with Crippen LogP contribution in [0.4, 0.5) is 0 Å². The highest BCUT2D eigenvalue weighted by Gasteiger charge is 2.24. The number of carboxylic acid groups (broad SMARTS) is 1. The van der Waals surface area contributed by atoms with E-state index in [2.05, 4.69) is 4.72 Å². The minimum absolute atomic E-state index is 0.0770. The second-order valence-corrected chi connectivity index (χ2v) is 7.56. The summed E-state index contributed by atoms with van der Waals surface area (Å²) in [6.45, 7) is 2.02. The van der Waals surface area contributed by atoms with Crippen molar-refractivity contribution < 1.29 is 18.3 Å². The maximum atomic E-state index is 11.9. The minimum atomic E-state index is -3.56. The van der Waals surface area contributed by atoms with Crippen LogP contribution in [0.2, 0.25) is 0 Å². The van der Waals surface area contributed by atoms with Crippen molar-refractivity contribution in [2.45, 2.75) is 30.4 Å². The van der Waals surface area contributed by atoms with Gasteiger partial charge in [-0.05, 0) is 30.9 Å². The van der Waals surface area contributed by atoms with Gasteiger partial charge in [0.2, 0.25) is 10.0 Å². The number of nitrogens with one attached hydrogen (secondary N) is 1. The second-order valence-electron chi connectivity index (χ2n) is 4.51. The Morgan fingerprint density at radius 3 is 2.72 bits per heavy atom. The molecule has 0 unspecified atom stereocenters. The molecule has 100 valence electrons. The van der Waals surface area contributed by atoms with Crippen LogP contribution in [0.1, 0.15) is 34.5 Å². The van der Waals surface area contributed by atoms with Crippen molar-refractivity contribution >= 4 is 27.3 Å². The fourth-order valence-electron chi connectivity index (χ4n) is 1.67. The molecule has 7 heteroatoms. The molecule has 0 spiro atoms. The van der Waals surface area contributed by atoms with Crippen LogP contribution in [0.3, 0.4) is 0 Å². The molecular weight excluding hydrogens is 274 g/mol.